The lowest BCUT2D eigenvalue weighted by Gasteiger charge is -2.08. The van der Waals surface area contributed by atoms with Crippen LogP contribution in [0.3, 0.4) is 0 Å². The van der Waals surface area contributed by atoms with Crippen molar-refractivity contribution in [3.05, 3.63) is 89.9 Å². The van der Waals surface area contributed by atoms with Gasteiger partial charge in [0.1, 0.15) is 10.8 Å². The Morgan fingerprint density at radius 2 is 1.77 bits per heavy atom. The first-order chi connectivity index (χ1) is 15.2. The molecule has 0 aliphatic heterocycles. The van der Waals surface area contributed by atoms with Gasteiger partial charge in [0.2, 0.25) is 5.76 Å². The minimum absolute atomic E-state index is 0.117. The number of carbonyl (C=O) groups is 1. The van der Waals surface area contributed by atoms with Crippen molar-refractivity contribution in [3.8, 4) is 33.3 Å². The van der Waals surface area contributed by atoms with Crippen LogP contribution in [-0.2, 0) is 0 Å². The maximum atomic E-state index is 14.1. The molecule has 0 unspecified atom stereocenters. The van der Waals surface area contributed by atoms with E-state index in [1.54, 1.807) is 42.5 Å². The topological polar surface area (TPSA) is 81.2 Å². The van der Waals surface area contributed by atoms with Crippen molar-refractivity contribution in [1.29, 1.82) is 0 Å². The van der Waals surface area contributed by atoms with Crippen LogP contribution in [0.5, 0.6) is 0 Å². The molecule has 0 saturated heterocycles. The number of furan rings is 1. The molecule has 31 heavy (non-hydrogen) atoms. The average Bonchev–Trinajstić information content (AvgIpc) is 3.55. The van der Waals surface area contributed by atoms with Crippen LogP contribution < -0.4 is 5.32 Å². The zero-order valence-electron chi connectivity index (χ0n) is 15.9. The van der Waals surface area contributed by atoms with Gasteiger partial charge in [-0.3, -0.25) is 4.79 Å². The van der Waals surface area contributed by atoms with Crippen LogP contribution >= 0.6 is 11.3 Å². The number of amides is 1. The fourth-order valence-electron chi connectivity index (χ4n) is 3.07. The van der Waals surface area contributed by atoms with Crippen molar-refractivity contribution in [2.45, 2.75) is 0 Å². The smallest absolute Gasteiger partial charge is 0.277 e. The molecule has 2 aromatic carbocycles. The number of halogens is 1. The number of nitrogens with one attached hydrogen (secondary N) is 1. The van der Waals surface area contributed by atoms with Gasteiger partial charge < -0.3 is 14.3 Å². The lowest BCUT2D eigenvalue weighted by Crippen LogP contribution is -2.12. The van der Waals surface area contributed by atoms with Crippen molar-refractivity contribution < 1.29 is 18.1 Å². The van der Waals surface area contributed by atoms with E-state index >= 15 is 0 Å². The van der Waals surface area contributed by atoms with Gasteiger partial charge in [0.05, 0.1) is 17.6 Å². The number of carbonyl (C=O) groups excluding carboxylic acids is 1. The Morgan fingerprint density at radius 3 is 2.58 bits per heavy atom. The van der Waals surface area contributed by atoms with E-state index in [0.717, 1.165) is 0 Å². The number of rotatable bonds is 5. The fraction of sp³-hybridized carbons (Fsp3) is 0. The van der Waals surface area contributed by atoms with E-state index in [0.29, 0.717) is 39.0 Å². The van der Waals surface area contributed by atoms with E-state index in [2.05, 4.69) is 15.5 Å². The van der Waals surface area contributed by atoms with Crippen LogP contribution in [0.15, 0.2) is 87.3 Å². The number of benzene rings is 2. The summed E-state index contributed by atoms with van der Waals surface area (Å²) in [6, 6.07) is 18.7. The summed E-state index contributed by atoms with van der Waals surface area (Å²) in [5.41, 5.74) is 2.46. The monoisotopic (exact) mass is 431 g/mol. The molecule has 0 bridgehead atoms. The third-order valence-electron chi connectivity index (χ3n) is 4.57. The van der Waals surface area contributed by atoms with Crippen molar-refractivity contribution in [2.24, 2.45) is 0 Å². The lowest BCUT2D eigenvalue weighted by atomic mass is 10.1. The molecule has 0 aliphatic rings. The molecule has 0 aliphatic carbocycles. The van der Waals surface area contributed by atoms with Gasteiger partial charge in [-0.1, -0.05) is 35.5 Å². The van der Waals surface area contributed by atoms with Gasteiger partial charge in [0.25, 0.3) is 5.91 Å². The second-order valence-electron chi connectivity index (χ2n) is 6.57. The Bertz CT molecular complexity index is 1360. The van der Waals surface area contributed by atoms with Crippen molar-refractivity contribution >= 4 is 22.9 Å². The quantitative estimate of drug-likeness (QED) is 0.363. The van der Waals surface area contributed by atoms with Gasteiger partial charge in [-0.2, -0.15) is 0 Å². The standard InChI is InChI=1S/C23H14FN3O3S/c24-16-8-3-1-6-14(16)23-26-19(13-31-23)15-7-2-4-9-17(15)25-22(28)18-12-21(30-27-18)20-10-5-11-29-20/h1-13H,(H,25,28). The summed E-state index contributed by atoms with van der Waals surface area (Å²) in [6.07, 6.45) is 1.51. The highest BCUT2D eigenvalue weighted by atomic mass is 32.1. The number of para-hydroxylation sites is 1. The number of hydrogen-bond acceptors (Lipinski definition) is 6. The third-order valence-corrected chi connectivity index (χ3v) is 5.44. The molecule has 152 valence electrons. The minimum atomic E-state index is -0.432. The second-order valence-corrected chi connectivity index (χ2v) is 7.43. The Balaban J connectivity index is 1.41. The normalized spacial score (nSPS) is 10.9. The Hall–Kier alpha value is -4.04. The van der Waals surface area contributed by atoms with Gasteiger partial charge in [-0.15, -0.1) is 11.3 Å². The van der Waals surface area contributed by atoms with E-state index in [4.69, 9.17) is 8.94 Å². The number of aromatic nitrogens is 2. The highest BCUT2D eigenvalue weighted by molar-refractivity contribution is 7.13. The van der Waals surface area contributed by atoms with Crippen molar-refractivity contribution in [1.82, 2.24) is 10.1 Å². The van der Waals surface area contributed by atoms with Gasteiger partial charge in [0, 0.05) is 22.6 Å². The molecule has 5 aromatic rings. The SMILES string of the molecule is O=C(Nc1ccccc1-c1csc(-c2ccccc2F)n1)c1cc(-c2ccco2)on1. The predicted molar refractivity (Wildman–Crippen MR) is 115 cm³/mol. The summed E-state index contributed by atoms with van der Waals surface area (Å²) in [7, 11) is 0. The highest BCUT2D eigenvalue weighted by Gasteiger charge is 2.18. The summed E-state index contributed by atoms with van der Waals surface area (Å²) >= 11 is 1.34. The van der Waals surface area contributed by atoms with E-state index < -0.39 is 5.91 Å². The number of hydrogen-bond donors (Lipinski definition) is 1. The van der Waals surface area contributed by atoms with Crippen LogP contribution in [-0.4, -0.2) is 16.0 Å². The Morgan fingerprint density at radius 1 is 0.968 bits per heavy atom. The van der Waals surface area contributed by atoms with Gasteiger partial charge in [-0.05, 0) is 30.3 Å². The van der Waals surface area contributed by atoms with E-state index in [1.807, 2.05) is 17.5 Å². The average molecular weight is 431 g/mol. The zero-order chi connectivity index (χ0) is 21.2. The van der Waals surface area contributed by atoms with Crippen molar-refractivity contribution in [2.75, 3.05) is 5.32 Å². The first-order valence-corrected chi connectivity index (χ1v) is 10.2. The molecule has 1 amide bonds. The molecule has 3 heterocycles. The molecule has 1 N–H and O–H groups in total. The van der Waals surface area contributed by atoms with E-state index in [1.165, 1.54) is 29.7 Å². The Kier molecular flexibility index (Phi) is 4.89. The van der Waals surface area contributed by atoms with Crippen LogP contribution in [0.2, 0.25) is 0 Å². The largest absolute Gasteiger partial charge is 0.461 e. The fourth-order valence-corrected chi connectivity index (χ4v) is 3.92. The molecule has 5 rings (SSSR count). The molecule has 8 heteroatoms. The van der Waals surface area contributed by atoms with Crippen molar-refractivity contribution in [3.63, 3.8) is 0 Å². The third kappa shape index (κ3) is 3.76. The number of anilines is 1. The van der Waals surface area contributed by atoms with Crippen LogP contribution in [0.25, 0.3) is 33.3 Å². The molecule has 0 atom stereocenters. The van der Waals surface area contributed by atoms with Gasteiger partial charge in [-0.25, -0.2) is 9.37 Å². The molecular weight excluding hydrogens is 417 g/mol. The second kappa shape index (κ2) is 8.00. The number of nitrogens with zero attached hydrogens (tertiary/aromatic N) is 2. The highest BCUT2D eigenvalue weighted by Crippen LogP contribution is 2.34. The van der Waals surface area contributed by atoms with E-state index in [-0.39, 0.29) is 11.5 Å². The maximum Gasteiger partial charge on any atom is 0.277 e. The van der Waals surface area contributed by atoms with Gasteiger partial charge in [0.15, 0.2) is 11.5 Å². The van der Waals surface area contributed by atoms with Crippen LogP contribution in [0, 0.1) is 5.82 Å². The maximum absolute atomic E-state index is 14.1. The molecule has 0 saturated carbocycles. The predicted octanol–water partition coefficient (Wildman–Crippen LogP) is 6.12. The lowest BCUT2D eigenvalue weighted by molar-refractivity contribution is 0.101. The molecule has 6 nitrogen and oxygen atoms in total. The molecule has 0 radical (unpaired) electrons. The summed E-state index contributed by atoms with van der Waals surface area (Å²) in [4.78, 5) is 17.3. The zero-order valence-corrected chi connectivity index (χ0v) is 16.7. The molecule has 3 aromatic heterocycles. The summed E-state index contributed by atoms with van der Waals surface area (Å²) in [5, 5.41) is 9.06. The summed E-state index contributed by atoms with van der Waals surface area (Å²) in [6.45, 7) is 0. The summed E-state index contributed by atoms with van der Waals surface area (Å²) < 4.78 is 24.6. The van der Waals surface area contributed by atoms with E-state index in [9.17, 15) is 9.18 Å². The number of thiazole rings is 1. The molecule has 0 spiro atoms. The molecular formula is C23H14FN3O3S. The van der Waals surface area contributed by atoms with Crippen LogP contribution in [0.4, 0.5) is 10.1 Å². The first kappa shape index (κ1) is 19.0. The summed E-state index contributed by atoms with van der Waals surface area (Å²) in [5.74, 6) is 0.0782. The Labute approximate surface area is 180 Å². The van der Waals surface area contributed by atoms with Crippen LogP contribution in [0.1, 0.15) is 10.5 Å². The minimum Gasteiger partial charge on any atom is -0.461 e. The first-order valence-electron chi connectivity index (χ1n) is 9.31. The van der Waals surface area contributed by atoms with Gasteiger partial charge >= 0.3 is 0 Å². The molecule has 0 fully saturated rings.